The molecule has 0 aliphatic rings. The zero-order valence-corrected chi connectivity index (χ0v) is 16.8. The van der Waals surface area contributed by atoms with E-state index in [-0.39, 0.29) is 5.75 Å². The molecule has 16 heteroatoms. The van der Waals surface area contributed by atoms with Gasteiger partial charge in [0.15, 0.2) is 0 Å². The molecule has 0 rings (SSSR count). The monoisotopic (exact) mass is 465 g/mol. The van der Waals surface area contributed by atoms with E-state index in [9.17, 15) is 33.6 Å². The molecule has 4 amide bonds. The number of carboxylic acid groups (broad SMARTS) is 3. The summed E-state index contributed by atoms with van der Waals surface area (Å²) in [5, 5.41) is 32.5. The zero-order chi connectivity index (χ0) is 24.3. The van der Waals surface area contributed by atoms with Crippen molar-refractivity contribution in [2.24, 2.45) is 11.5 Å². The van der Waals surface area contributed by atoms with E-state index >= 15 is 0 Å². The quantitative estimate of drug-likeness (QED) is 0.110. The van der Waals surface area contributed by atoms with Crippen molar-refractivity contribution in [1.82, 2.24) is 16.0 Å². The molecular formula is C15H23N5O10S. The molecule has 4 unspecified atom stereocenters. The van der Waals surface area contributed by atoms with Crippen LogP contribution in [0, 0.1) is 0 Å². The number of carbonyl (C=O) groups is 7. The van der Waals surface area contributed by atoms with Crippen molar-refractivity contribution in [3.8, 4) is 0 Å². The number of amides is 4. The van der Waals surface area contributed by atoms with Gasteiger partial charge in [-0.1, -0.05) is 0 Å². The second-order valence-corrected chi connectivity index (χ2v) is 6.54. The Kier molecular flexibility index (Phi) is 11.6. The van der Waals surface area contributed by atoms with Crippen LogP contribution in [0.15, 0.2) is 0 Å². The van der Waals surface area contributed by atoms with E-state index in [1.165, 1.54) is 0 Å². The van der Waals surface area contributed by atoms with Crippen molar-refractivity contribution in [2.75, 3.05) is 5.75 Å². The highest BCUT2D eigenvalue weighted by molar-refractivity contribution is 7.80. The zero-order valence-electron chi connectivity index (χ0n) is 15.9. The molecule has 0 saturated heterocycles. The van der Waals surface area contributed by atoms with E-state index in [0.717, 1.165) is 0 Å². The fourth-order valence-electron chi connectivity index (χ4n) is 2.08. The Balaban J connectivity index is 5.47. The minimum atomic E-state index is -1.79. The molecule has 0 aromatic heterocycles. The molecule has 0 heterocycles. The van der Waals surface area contributed by atoms with Gasteiger partial charge in [-0.15, -0.1) is 0 Å². The molecule has 10 N–H and O–H groups in total. The molecule has 174 valence electrons. The summed E-state index contributed by atoms with van der Waals surface area (Å²) in [4.78, 5) is 80.5. The van der Waals surface area contributed by atoms with E-state index in [0.29, 0.717) is 0 Å². The predicted octanol–water partition coefficient (Wildman–Crippen LogP) is -4.39. The number of carboxylic acids is 3. The fourth-order valence-corrected chi connectivity index (χ4v) is 2.33. The van der Waals surface area contributed by atoms with Gasteiger partial charge < -0.3 is 42.7 Å². The van der Waals surface area contributed by atoms with Gasteiger partial charge in [-0.3, -0.25) is 28.8 Å². The summed E-state index contributed by atoms with van der Waals surface area (Å²) in [6, 6.07) is -6.56. The molecule has 0 radical (unpaired) electrons. The van der Waals surface area contributed by atoms with Gasteiger partial charge in [0.1, 0.15) is 18.1 Å². The Bertz CT molecular complexity index is 746. The van der Waals surface area contributed by atoms with Gasteiger partial charge in [-0.25, -0.2) is 4.79 Å². The van der Waals surface area contributed by atoms with E-state index in [1.807, 2.05) is 16.0 Å². The van der Waals surface area contributed by atoms with Crippen LogP contribution in [0.25, 0.3) is 0 Å². The third-order valence-corrected chi connectivity index (χ3v) is 3.94. The van der Waals surface area contributed by atoms with Crippen LogP contribution >= 0.6 is 12.6 Å². The Morgan fingerprint density at radius 2 is 1.13 bits per heavy atom. The molecule has 0 fully saturated rings. The number of carbonyl (C=O) groups excluding carboxylic acids is 4. The molecule has 0 spiro atoms. The lowest BCUT2D eigenvalue weighted by molar-refractivity contribution is -0.143. The minimum Gasteiger partial charge on any atom is -0.481 e. The van der Waals surface area contributed by atoms with Crippen LogP contribution in [-0.2, 0) is 33.6 Å². The molecule has 0 aromatic rings. The van der Waals surface area contributed by atoms with Crippen LogP contribution in [0.4, 0.5) is 0 Å². The first-order valence-electron chi connectivity index (χ1n) is 8.50. The molecule has 15 nitrogen and oxygen atoms in total. The molecule has 0 bridgehead atoms. The number of hydrogen-bond acceptors (Lipinski definition) is 9. The maximum Gasteiger partial charge on any atom is 0.327 e. The number of nitrogens with two attached hydrogens (primary N) is 2. The summed E-state index contributed by atoms with van der Waals surface area (Å²) < 4.78 is 0. The average molecular weight is 465 g/mol. The van der Waals surface area contributed by atoms with Gasteiger partial charge in [0.25, 0.3) is 0 Å². The summed E-state index contributed by atoms with van der Waals surface area (Å²) >= 11 is 3.74. The SMILES string of the molecule is NC(=O)CC(NC(=O)C(N)CC(=O)O)C(=O)NC(CC(=O)O)C(=O)NC(CS)C(=O)O. The Morgan fingerprint density at radius 1 is 0.710 bits per heavy atom. The van der Waals surface area contributed by atoms with Crippen molar-refractivity contribution in [3.05, 3.63) is 0 Å². The number of primary amides is 1. The van der Waals surface area contributed by atoms with E-state index < -0.39 is 85.0 Å². The van der Waals surface area contributed by atoms with Gasteiger partial charge in [0.2, 0.25) is 23.6 Å². The molecule has 0 saturated carbocycles. The van der Waals surface area contributed by atoms with Crippen molar-refractivity contribution >= 4 is 54.2 Å². The number of hydrogen-bond donors (Lipinski definition) is 9. The normalized spacial score (nSPS) is 14.3. The van der Waals surface area contributed by atoms with Crippen LogP contribution in [0.5, 0.6) is 0 Å². The van der Waals surface area contributed by atoms with Crippen LogP contribution in [-0.4, -0.2) is 86.8 Å². The van der Waals surface area contributed by atoms with Crippen LogP contribution in [0.1, 0.15) is 19.3 Å². The van der Waals surface area contributed by atoms with Gasteiger partial charge in [-0.2, -0.15) is 12.6 Å². The lowest BCUT2D eigenvalue weighted by Crippen LogP contribution is -2.58. The Hall–Kier alpha value is -3.40. The number of nitrogens with one attached hydrogen (secondary N) is 3. The maximum atomic E-state index is 12.4. The van der Waals surface area contributed by atoms with Crippen molar-refractivity contribution in [1.29, 1.82) is 0 Å². The summed E-state index contributed by atoms with van der Waals surface area (Å²) in [5.74, 6) is -9.31. The van der Waals surface area contributed by atoms with Gasteiger partial charge in [0.05, 0.1) is 25.3 Å². The smallest absolute Gasteiger partial charge is 0.327 e. The van der Waals surface area contributed by atoms with E-state index in [2.05, 4.69) is 12.6 Å². The van der Waals surface area contributed by atoms with Gasteiger partial charge >= 0.3 is 17.9 Å². The first kappa shape index (κ1) is 27.6. The minimum absolute atomic E-state index is 0.337. The van der Waals surface area contributed by atoms with Crippen LogP contribution in [0.3, 0.4) is 0 Å². The highest BCUT2D eigenvalue weighted by Crippen LogP contribution is 2.01. The van der Waals surface area contributed by atoms with Gasteiger partial charge in [0, 0.05) is 5.75 Å². The number of rotatable bonds is 14. The standard InChI is InChI=1S/C15H23N5O10S/c16-5(1-10(22)23)12(26)18-6(2-9(17)21)13(27)19-7(3-11(24)25)14(28)20-8(4-31)15(29)30/h5-8,31H,1-4,16H2,(H2,17,21)(H,18,26)(H,19,27)(H,20,28)(H,22,23)(H,24,25)(H,29,30). The maximum absolute atomic E-state index is 12.4. The van der Waals surface area contributed by atoms with Crippen molar-refractivity contribution in [2.45, 2.75) is 43.4 Å². The fraction of sp³-hybridized carbons (Fsp3) is 0.533. The molecule has 0 aliphatic heterocycles. The molecule has 31 heavy (non-hydrogen) atoms. The van der Waals surface area contributed by atoms with Crippen LogP contribution in [0.2, 0.25) is 0 Å². The largest absolute Gasteiger partial charge is 0.481 e. The highest BCUT2D eigenvalue weighted by Gasteiger charge is 2.32. The number of thiol groups is 1. The third kappa shape index (κ3) is 10.8. The van der Waals surface area contributed by atoms with E-state index in [4.69, 9.17) is 26.8 Å². The number of aliphatic carboxylic acids is 3. The lowest BCUT2D eigenvalue weighted by Gasteiger charge is -2.23. The van der Waals surface area contributed by atoms with Crippen LogP contribution < -0.4 is 27.4 Å². The molecule has 4 atom stereocenters. The van der Waals surface area contributed by atoms with E-state index in [1.54, 1.807) is 0 Å². The Morgan fingerprint density at radius 3 is 1.52 bits per heavy atom. The lowest BCUT2D eigenvalue weighted by atomic mass is 10.1. The first-order chi connectivity index (χ1) is 14.3. The summed E-state index contributed by atoms with van der Waals surface area (Å²) in [6.07, 6.45) is -2.54. The second kappa shape index (κ2) is 13.0. The summed E-state index contributed by atoms with van der Waals surface area (Å²) in [6.45, 7) is 0. The predicted molar refractivity (Wildman–Crippen MR) is 104 cm³/mol. The summed E-state index contributed by atoms with van der Waals surface area (Å²) in [7, 11) is 0. The second-order valence-electron chi connectivity index (χ2n) is 6.18. The van der Waals surface area contributed by atoms with Crippen molar-refractivity contribution in [3.63, 3.8) is 0 Å². The van der Waals surface area contributed by atoms with Crippen molar-refractivity contribution < 1.29 is 48.9 Å². The Labute approximate surface area is 180 Å². The first-order valence-corrected chi connectivity index (χ1v) is 9.13. The summed E-state index contributed by atoms with van der Waals surface area (Å²) in [5.41, 5.74) is 10.4. The molecule has 0 aliphatic carbocycles. The topological polar surface area (TPSA) is 268 Å². The third-order valence-electron chi connectivity index (χ3n) is 3.58. The highest BCUT2D eigenvalue weighted by atomic mass is 32.1. The average Bonchev–Trinajstić information content (AvgIpc) is 2.62. The molecular weight excluding hydrogens is 442 g/mol. The molecule has 0 aromatic carbocycles. The van der Waals surface area contributed by atoms with Gasteiger partial charge in [-0.05, 0) is 0 Å².